The number of fused-ring (bicyclic) bond motifs is 1. The van der Waals surface area contributed by atoms with Gasteiger partial charge < -0.3 is 35.1 Å². The molecule has 3 aromatic heterocycles. The fourth-order valence-electron chi connectivity index (χ4n) is 4.48. The molecule has 0 bridgehead atoms. The van der Waals surface area contributed by atoms with Crippen molar-refractivity contribution in [2.75, 3.05) is 30.4 Å². The highest BCUT2D eigenvalue weighted by Crippen LogP contribution is 2.40. The molecule has 208 valence electrons. The van der Waals surface area contributed by atoms with Crippen LogP contribution >= 0.6 is 0 Å². The third kappa shape index (κ3) is 5.94. The summed E-state index contributed by atoms with van der Waals surface area (Å²) in [5.74, 6) is 0.0664. The molecule has 3 unspecified atom stereocenters. The second-order valence-corrected chi connectivity index (χ2v) is 10.1. The highest BCUT2D eigenvalue weighted by atomic mass is 19.4. The molecule has 38 heavy (non-hydrogen) atoms. The summed E-state index contributed by atoms with van der Waals surface area (Å²) >= 11 is 0. The van der Waals surface area contributed by atoms with Gasteiger partial charge in [0.05, 0.1) is 23.6 Å². The molecule has 0 aliphatic heterocycles. The van der Waals surface area contributed by atoms with Crippen LogP contribution in [0.2, 0.25) is 0 Å². The summed E-state index contributed by atoms with van der Waals surface area (Å²) in [5.41, 5.74) is -0.286. The van der Waals surface area contributed by atoms with Crippen LogP contribution in [0.3, 0.4) is 0 Å². The van der Waals surface area contributed by atoms with E-state index >= 15 is 0 Å². The summed E-state index contributed by atoms with van der Waals surface area (Å²) in [6, 6.07) is 3.43. The van der Waals surface area contributed by atoms with E-state index in [1.165, 1.54) is 0 Å². The van der Waals surface area contributed by atoms with Gasteiger partial charge in [-0.1, -0.05) is 13.8 Å². The first-order chi connectivity index (χ1) is 17.8. The van der Waals surface area contributed by atoms with E-state index in [0.717, 1.165) is 0 Å². The lowest BCUT2D eigenvalue weighted by Gasteiger charge is -2.31. The second kappa shape index (κ2) is 10.5. The Hall–Kier alpha value is -3.16. The lowest BCUT2D eigenvalue weighted by molar-refractivity contribution is -0.115. The average molecular weight is 540 g/mol. The number of aryl methyl sites for hydroxylation is 2. The molecule has 1 aliphatic rings. The van der Waals surface area contributed by atoms with Crippen molar-refractivity contribution in [1.29, 1.82) is 0 Å². The normalized spacial score (nSPS) is 21.9. The van der Waals surface area contributed by atoms with E-state index in [1.807, 2.05) is 13.8 Å². The number of furan rings is 1. The molecule has 1 saturated carbocycles. The Kier molecular flexibility index (Phi) is 7.73. The molecular formula is C25H32F3N5O5. The van der Waals surface area contributed by atoms with Gasteiger partial charge in [-0.3, -0.25) is 0 Å². The van der Waals surface area contributed by atoms with Crippen LogP contribution in [0.15, 0.2) is 16.5 Å². The summed E-state index contributed by atoms with van der Waals surface area (Å²) in [6.07, 6.45) is -5.44. The Balaban J connectivity index is 1.78. The Morgan fingerprint density at radius 1 is 1.18 bits per heavy atom. The number of aliphatic hydroxyl groups excluding tert-OH is 2. The quantitative estimate of drug-likeness (QED) is 0.255. The first kappa shape index (κ1) is 27.9. The van der Waals surface area contributed by atoms with E-state index < -0.39 is 30.5 Å². The molecule has 4 rings (SSSR count). The maximum absolute atomic E-state index is 12.8. The summed E-state index contributed by atoms with van der Waals surface area (Å²) in [4.78, 5) is 12.8. The molecular weight excluding hydrogens is 507 g/mol. The van der Waals surface area contributed by atoms with Crippen LogP contribution < -0.4 is 15.4 Å². The first-order valence-electron chi connectivity index (χ1n) is 12.3. The smallest absolute Gasteiger partial charge is 0.405 e. The molecule has 3 atom stereocenters. The van der Waals surface area contributed by atoms with Crippen LogP contribution in [0, 0.1) is 25.7 Å². The maximum atomic E-state index is 12.8. The number of anilines is 2. The first-order valence-corrected chi connectivity index (χ1v) is 12.3. The van der Waals surface area contributed by atoms with Gasteiger partial charge in [0.15, 0.2) is 11.3 Å². The Morgan fingerprint density at radius 3 is 2.55 bits per heavy atom. The molecule has 5 N–H and O–H groups in total. The molecule has 0 saturated heterocycles. The van der Waals surface area contributed by atoms with Crippen molar-refractivity contribution in [3.05, 3.63) is 23.5 Å². The summed E-state index contributed by atoms with van der Waals surface area (Å²) in [6.45, 7) is 6.15. The standard InChI is InChI=1S/C25H32F3N5O5/c1-12(2)10-37-18-8-16-7-17(38-20(16)14(4)30-18)19-13(3)31-23(29-11-25(26,27)28)32-22(19)33-24(36)6-5-15(9-34)21(24)35/h7-8,12,15,21,34-36H,5-6,9-11H2,1-4H3,(H2,29,31,32,33). The summed E-state index contributed by atoms with van der Waals surface area (Å²) in [5, 5.41) is 36.9. The Labute approximate surface area is 217 Å². The molecule has 1 fully saturated rings. The number of pyridine rings is 1. The summed E-state index contributed by atoms with van der Waals surface area (Å²) in [7, 11) is 0. The molecule has 0 amide bonds. The minimum atomic E-state index is -4.50. The van der Waals surface area contributed by atoms with Crippen LogP contribution in [0.5, 0.6) is 5.88 Å². The predicted octanol–water partition coefficient (Wildman–Crippen LogP) is 3.77. The third-order valence-corrected chi connectivity index (χ3v) is 6.40. The van der Waals surface area contributed by atoms with E-state index in [-0.39, 0.29) is 41.8 Å². The van der Waals surface area contributed by atoms with Crippen LogP contribution in [0.1, 0.15) is 38.1 Å². The number of hydrogen-bond acceptors (Lipinski definition) is 10. The van der Waals surface area contributed by atoms with Crippen LogP contribution in [-0.2, 0) is 0 Å². The third-order valence-electron chi connectivity index (χ3n) is 6.40. The van der Waals surface area contributed by atoms with Crippen molar-refractivity contribution in [2.24, 2.45) is 11.8 Å². The van der Waals surface area contributed by atoms with Gasteiger partial charge in [-0.2, -0.15) is 18.2 Å². The Morgan fingerprint density at radius 2 is 1.92 bits per heavy atom. The highest BCUT2D eigenvalue weighted by molar-refractivity contribution is 5.88. The minimum absolute atomic E-state index is 0.0386. The SMILES string of the molecule is Cc1nc(NCC(F)(F)F)nc(NC2(O)CCC(CO)C2O)c1-c1cc2cc(OCC(C)C)nc(C)c2o1. The van der Waals surface area contributed by atoms with Crippen LogP contribution in [0.25, 0.3) is 22.3 Å². The second-order valence-electron chi connectivity index (χ2n) is 10.1. The van der Waals surface area contributed by atoms with Gasteiger partial charge in [-0.15, -0.1) is 0 Å². The van der Waals surface area contributed by atoms with Crippen molar-refractivity contribution in [3.8, 4) is 17.2 Å². The fourth-order valence-corrected chi connectivity index (χ4v) is 4.48. The maximum Gasteiger partial charge on any atom is 0.405 e. The minimum Gasteiger partial charge on any atom is -0.477 e. The number of nitrogens with zero attached hydrogens (tertiary/aromatic N) is 3. The van der Waals surface area contributed by atoms with Crippen LogP contribution in [-0.4, -0.2) is 68.0 Å². The van der Waals surface area contributed by atoms with Crippen molar-refractivity contribution >= 4 is 22.7 Å². The lowest BCUT2D eigenvalue weighted by atomic mass is 10.0. The van der Waals surface area contributed by atoms with Gasteiger partial charge in [-0.05, 0) is 38.7 Å². The number of halogens is 3. The lowest BCUT2D eigenvalue weighted by Crippen LogP contribution is -2.48. The Bertz CT molecular complexity index is 1300. The molecule has 3 aromatic rings. The van der Waals surface area contributed by atoms with Crippen LogP contribution in [0.4, 0.5) is 24.9 Å². The van der Waals surface area contributed by atoms with Gasteiger partial charge in [0, 0.05) is 24.0 Å². The molecule has 0 spiro atoms. The number of aromatic nitrogens is 3. The molecule has 0 radical (unpaired) electrons. The van der Waals surface area contributed by atoms with Crippen molar-refractivity contribution in [1.82, 2.24) is 15.0 Å². The molecule has 1 aliphatic carbocycles. The monoisotopic (exact) mass is 539 g/mol. The van der Waals surface area contributed by atoms with Crippen molar-refractivity contribution < 1.29 is 37.6 Å². The molecule has 0 aromatic carbocycles. The zero-order valence-corrected chi connectivity index (χ0v) is 21.6. The van der Waals surface area contributed by atoms with Gasteiger partial charge in [0.1, 0.15) is 24.2 Å². The molecule has 10 nitrogen and oxygen atoms in total. The number of hydrogen-bond donors (Lipinski definition) is 5. The van der Waals surface area contributed by atoms with E-state index in [9.17, 15) is 28.5 Å². The van der Waals surface area contributed by atoms with E-state index in [1.54, 1.807) is 26.0 Å². The molecule has 13 heteroatoms. The van der Waals surface area contributed by atoms with Gasteiger partial charge in [0.25, 0.3) is 0 Å². The highest BCUT2D eigenvalue weighted by Gasteiger charge is 2.47. The van der Waals surface area contributed by atoms with E-state index in [0.29, 0.717) is 41.5 Å². The number of ether oxygens (including phenoxy) is 1. The number of aliphatic hydroxyl groups is 3. The summed E-state index contributed by atoms with van der Waals surface area (Å²) < 4.78 is 50.3. The van der Waals surface area contributed by atoms with Gasteiger partial charge in [-0.25, -0.2) is 9.97 Å². The van der Waals surface area contributed by atoms with Crippen molar-refractivity contribution in [3.63, 3.8) is 0 Å². The zero-order chi connectivity index (χ0) is 27.8. The largest absolute Gasteiger partial charge is 0.477 e. The fraction of sp³-hybridized carbons (Fsp3) is 0.560. The topological polar surface area (TPSA) is 146 Å². The molecule has 3 heterocycles. The van der Waals surface area contributed by atoms with Gasteiger partial charge >= 0.3 is 6.18 Å². The predicted molar refractivity (Wildman–Crippen MR) is 134 cm³/mol. The number of alkyl halides is 3. The number of nitrogens with one attached hydrogen (secondary N) is 2. The number of rotatable bonds is 9. The van der Waals surface area contributed by atoms with E-state index in [2.05, 4.69) is 25.6 Å². The van der Waals surface area contributed by atoms with Gasteiger partial charge in [0.2, 0.25) is 11.8 Å². The average Bonchev–Trinajstić information content (AvgIpc) is 3.36. The van der Waals surface area contributed by atoms with E-state index in [4.69, 9.17) is 9.15 Å². The van der Waals surface area contributed by atoms with Crippen molar-refractivity contribution in [2.45, 2.75) is 58.5 Å². The zero-order valence-electron chi connectivity index (χ0n) is 21.6.